The zero-order valence-corrected chi connectivity index (χ0v) is 9.34. The molecule has 1 aromatic rings. The van der Waals surface area contributed by atoms with Crippen molar-refractivity contribution in [2.45, 2.75) is 39.3 Å². The SMILES string of the molecule is CCOC1CC(n2nnnc2N)C1(C)C. The average Bonchev–Trinajstić information content (AvgIpc) is 2.58. The smallest absolute Gasteiger partial charge is 0.240 e. The first-order valence-corrected chi connectivity index (χ1v) is 5.22. The second-order valence-electron chi connectivity index (χ2n) is 4.50. The van der Waals surface area contributed by atoms with Crippen molar-refractivity contribution in [2.75, 3.05) is 12.3 Å². The molecule has 0 amide bonds. The van der Waals surface area contributed by atoms with Crippen molar-refractivity contribution in [2.24, 2.45) is 5.41 Å². The van der Waals surface area contributed by atoms with Crippen LogP contribution in [0.2, 0.25) is 0 Å². The highest BCUT2D eigenvalue weighted by Gasteiger charge is 2.51. The Morgan fingerprint density at radius 3 is 2.80 bits per heavy atom. The summed E-state index contributed by atoms with van der Waals surface area (Å²) in [5, 5.41) is 11.2. The van der Waals surface area contributed by atoms with E-state index >= 15 is 0 Å². The summed E-state index contributed by atoms with van der Waals surface area (Å²) in [6, 6.07) is 0.240. The van der Waals surface area contributed by atoms with Crippen molar-refractivity contribution in [1.29, 1.82) is 0 Å². The van der Waals surface area contributed by atoms with Gasteiger partial charge in [0.2, 0.25) is 5.95 Å². The second-order valence-corrected chi connectivity index (χ2v) is 4.50. The Labute approximate surface area is 88.8 Å². The van der Waals surface area contributed by atoms with Gasteiger partial charge < -0.3 is 10.5 Å². The molecule has 0 aliphatic heterocycles. The molecule has 1 heterocycles. The lowest BCUT2D eigenvalue weighted by Crippen LogP contribution is -2.52. The highest BCUT2D eigenvalue weighted by Crippen LogP contribution is 2.51. The minimum Gasteiger partial charge on any atom is -0.378 e. The Morgan fingerprint density at radius 1 is 1.60 bits per heavy atom. The first kappa shape index (κ1) is 10.4. The third-order valence-corrected chi connectivity index (χ3v) is 3.31. The maximum Gasteiger partial charge on any atom is 0.240 e. The maximum atomic E-state index is 5.68. The Morgan fingerprint density at radius 2 is 2.33 bits per heavy atom. The quantitative estimate of drug-likeness (QED) is 0.793. The van der Waals surface area contributed by atoms with Crippen LogP contribution in [0.15, 0.2) is 0 Å². The van der Waals surface area contributed by atoms with Crippen LogP contribution in [0.4, 0.5) is 5.95 Å². The first-order chi connectivity index (χ1) is 7.07. The van der Waals surface area contributed by atoms with E-state index in [0.717, 1.165) is 13.0 Å². The van der Waals surface area contributed by atoms with Gasteiger partial charge in [0.15, 0.2) is 0 Å². The van der Waals surface area contributed by atoms with Crippen LogP contribution in [-0.4, -0.2) is 32.9 Å². The summed E-state index contributed by atoms with van der Waals surface area (Å²) < 4.78 is 7.33. The second kappa shape index (κ2) is 3.44. The molecule has 15 heavy (non-hydrogen) atoms. The summed E-state index contributed by atoms with van der Waals surface area (Å²) >= 11 is 0. The molecule has 84 valence electrons. The molecule has 0 saturated heterocycles. The van der Waals surface area contributed by atoms with Gasteiger partial charge in [0.25, 0.3) is 0 Å². The predicted octanol–water partition coefficient (Wildman–Crippen LogP) is 0.631. The fraction of sp³-hybridized carbons (Fsp3) is 0.889. The van der Waals surface area contributed by atoms with Crippen molar-refractivity contribution >= 4 is 5.95 Å². The van der Waals surface area contributed by atoms with Gasteiger partial charge in [0.05, 0.1) is 12.1 Å². The molecule has 2 atom stereocenters. The summed E-state index contributed by atoms with van der Waals surface area (Å²) in [6.07, 6.45) is 1.20. The molecule has 1 fully saturated rings. The fourth-order valence-electron chi connectivity index (χ4n) is 2.19. The van der Waals surface area contributed by atoms with E-state index in [2.05, 4.69) is 29.4 Å². The van der Waals surface area contributed by atoms with E-state index in [-0.39, 0.29) is 17.6 Å². The third kappa shape index (κ3) is 1.49. The molecule has 6 heteroatoms. The van der Waals surface area contributed by atoms with E-state index in [0.29, 0.717) is 5.95 Å². The largest absolute Gasteiger partial charge is 0.378 e. The first-order valence-electron chi connectivity index (χ1n) is 5.22. The predicted molar refractivity (Wildman–Crippen MR) is 55.1 cm³/mol. The molecule has 1 aliphatic rings. The molecular weight excluding hydrogens is 194 g/mol. The van der Waals surface area contributed by atoms with Gasteiger partial charge >= 0.3 is 0 Å². The van der Waals surface area contributed by atoms with E-state index in [1.807, 2.05) is 6.92 Å². The van der Waals surface area contributed by atoms with Gasteiger partial charge in [-0.2, -0.15) is 0 Å². The monoisotopic (exact) mass is 211 g/mol. The van der Waals surface area contributed by atoms with Crippen LogP contribution in [0.3, 0.4) is 0 Å². The summed E-state index contributed by atoms with van der Waals surface area (Å²) in [5.74, 6) is 0.378. The number of hydrogen-bond donors (Lipinski definition) is 1. The molecule has 2 rings (SSSR count). The molecule has 0 radical (unpaired) electrons. The minimum absolute atomic E-state index is 0.0412. The van der Waals surface area contributed by atoms with E-state index in [9.17, 15) is 0 Å². The Bertz CT molecular complexity index is 348. The van der Waals surface area contributed by atoms with Gasteiger partial charge in [0, 0.05) is 12.0 Å². The average molecular weight is 211 g/mol. The van der Waals surface area contributed by atoms with Crippen molar-refractivity contribution in [3.05, 3.63) is 0 Å². The zero-order valence-electron chi connectivity index (χ0n) is 9.34. The third-order valence-electron chi connectivity index (χ3n) is 3.31. The standard InChI is InChI=1S/C9H17N5O/c1-4-15-7-5-6(9(7,2)3)14-8(10)11-12-13-14/h6-7H,4-5H2,1-3H3,(H2,10,11,13). The van der Waals surface area contributed by atoms with Gasteiger partial charge in [0.1, 0.15) is 0 Å². The molecule has 1 aromatic heterocycles. The maximum absolute atomic E-state index is 5.68. The summed E-state index contributed by atoms with van der Waals surface area (Å²) in [5.41, 5.74) is 5.72. The molecule has 6 nitrogen and oxygen atoms in total. The van der Waals surface area contributed by atoms with Gasteiger partial charge in [-0.15, -0.1) is 0 Å². The summed E-state index contributed by atoms with van der Waals surface area (Å²) in [4.78, 5) is 0. The zero-order chi connectivity index (χ0) is 11.1. The van der Waals surface area contributed by atoms with E-state index in [1.54, 1.807) is 4.68 Å². The highest BCUT2D eigenvalue weighted by atomic mass is 16.5. The van der Waals surface area contributed by atoms with Gasteiger partial charge in [-0.3, -0.25) is 0 Å². The van der Waals surface area contributed by atoms with E-state index in [1.165, 1.54) is 0 Å². The van der Waals surface area contributed by atoms with Crippen molar-refractivity contribution in [3.8, 4) is 0 Å². The number of anilines is 1. The van der Waals surface area contributed by atoms with Crippen LogP contribution in [0.5, 0.6) is 0 Å². The van der Waals surface area contributed by atoms with E-state index in [4.69, 9.17) is 10.5 Å². The molecular formula is C9H17N5O. The number of ether oxygens (including phenoxy) is 1. The lowest BCUT2D eigenvalue weighted by Gasteiger charge is -2.50. The topological polar surface area (TPSA) is 78.8 Å². The van der Waals surface area contributed by atoms with Crippen LogP contribution in [0.1, 0.15) is 33.2 Å². The van der Waals surface area contributed by atoms with Crippen LogP contribution < -0.4 is 5.73 Å². The molecule has 2 unspecified atom stereocenters. The Hall–Kier alpha value is -1.17. The molecule has 0 spiro atoms. The van der Waals surface area contributed by atoms with Crippen LogP contribution >= 0.6 is 0 Å². The van der Waals surface area contributed by atoms with Crippen LogP contribution in [0.25, 0.3) is 0 Å². The fourth-order valence-corrected chi connectivity index (χ4v) is 2.19. The minimum atomic E-state index is 0.0412. The molecule has 1 saturated carbocycles. The molecule has 0 aromatic carbocycles. The van der Waals surface area contributed by atoms with Gasteiger partial charge in [-0.1, -0.05) is 18.9 Å². The molecule has 1 aliphatic carbocycles. The van der Waals surface area contributed by atoms with Crippen LogP contribution in [0, 0.1) is 5.41 Å². The van der Waals surface area contributed by atoms with Crippen molar-refractivity contribution in [1.82, 2.24) is 20.2 Å². The number of rotatable bonds is 3. The summed E-state index contributed by atoms with van der Waals surface area (Å²) in [6.45, 7) is 7.06. The van der Waals surface area contributed by atoms with Gasteiger partial charge in [-0.05, 0) is 23.8 Å². The van der Waals surface area contributed by atoms with Crippen molar-refractivity contribution in [3.63, 3.8) is 0 Å². The number of nitrogen functional groups attached to an aromatic ring is 1. The van der Waals surface area contributed by atoms with E-state index < -0.39 is 0 Å². The lowest BCUT2D eigenvalue weighted by atomic mass is 9.64. The summed E-state index contributed by atoms with van der Waals surface area (Å²) in [7, 11) is 0. The normalized spacial score (nSPS) is 28.7. The number of nitrogens with two attached hydrogens (primary N) is 1. The number of nitrogens with zero attached hydrogens (tertiary/aromatic N) is 4. The molecule has 2 N–H and O–H groups in total. The van der Waals surface area contributed by atoms with Crippen LogP contribution in [-0.2, 0) is 4.74 Å². The van der Waals surface area contributed by atoms with Crippen molar-refractivity contribution < 1.29 is 4.74 Å². The lowest BCUT2D eigenvalue weighted by molar-refractivity contribution is -0.130. The number of hydrogen-bond acceptors (Lipinski definition) is 5. The Kier molecular flexibility index (Phi) is 2.38. The number of aromatic nitrogens is 4. The molecule has 0 bridgehead atoms. The Balaban J connectivity index is 2.13. The van der Waals surface area contributed by atoms with Gasteiger partial charge in [-0.25, -0.2) is 4.68 Å². The highest BCUT2D eigenvalue weighted by molar-refractivity contribution is 5.15. The number of tetrazole rings is 1.